The number of nitrogens with two attached hydrogens (primary N) is 1. The fourth-order valence-electron chi connectivity index (χ4n) is 5.88. The Morgan fingerprint density at radius 1 is 1.17 bits per heavy atom. The average molecular weight is 593 g/mol. The number of aromatic nitrogens is 4. The van der Waals surface area contributed by atoms with Crippen LogP contribution in [0.25, 0.3) is 11.6 Å². The molecule has 3 aromatic rings. The molecule has 2 aliphatic heterocycles. The van der Waals surface area contributed by atoms with Crippen molar-refractivity contribution in [3.8, 4) is 5.75 Å². The number of rotatable bonds is 8. The maximum absolute atomic E-state index is 13.9. The predicted octanol–water partition coefficient (Wildman–Crippen LogP) is 3.98. The Balaban J connectivity index is 1.45. The minimum absolute atomic E-state index is 0.0422. The van der Waals surface area contributed by atoms with E-state index in [-0.39, 0.29) is 29.5 Å². The molecule has 0 radical (unpaired) electrons. The molecule has 0 saturated carbocycles. The number of nitrogens with zero attached hydrogens (tertiary/aromatic N) is 5. The lowest BCUT2D eigenvalue weighted by Crippen LogP contribution is -2.37. The molecule has 42 heavy (non-hydrogen) atoms. The molecule has 0 bridgehead atoms. The molecule has 1 saturated heterocycles. The first-order valence-electron chi connectivity index (χ1n) is 14.2. The SMILES string of the molecule is COc1c(C)cnc(CN2C(=O)/C(=C\c3[nH]c(C)c(C(=O)NCCN4CCCCC4)c3C)c3c(Cl)nc(N)nc32)c1C. The second kappa shape index (κ2) is 12.1. The summed E-state index contributed by atoms with van der Waals surface area (Å²) in [5.41, 5.74) is 11.6. The van der Waals surface area contributed by atoms with Gasteiger partial charge in [0, 0.05) is 41.8 Å². The maximum atomic E-state index is 13.9. The number of hydrogen-bond donors (Lipinski definition) is 3. The van der Waals surface area contributed by atoms with Gasteiger partial charge in [-0.1, -0.05) is 18.0 Å². The lowest BCUT2D eigenvalue weighted by molar-refractivity contribution is -0.113. The standard InChI is InChI=1S/C30H37ClN8O3/c1-16-14-34-22(18(3)25(16)42-5)15-39-27-24(26(31)36-30(32)37-27)20(29(39)41)13-21-17(2)23(19(4)35-21)28(40)33-9-12-38-10-7-6-8-11-38/h13-14,35H,6-12,15H2,1-5H3,(H,33,40)(H2,32,36,37)/b20-13-. The van der Waals surface area contributed by atoms with E-state index in [0.717, 1.165) is 36.3 Å². The molecule has 0 atom stereocenters. The second-order valence-electron chi connectivity index (χ2n) is 10.9. The fourth-order valence-corrected chi connectivity index (χ4v) is 6.15. The summed E-state index contributed by atoms with van der Waals surface area (Å²) >= 11 is 6.55. The second-order valence-corrected chi connectivity index (χ2v) is 11.2. The van der Waals surface area contributed by atoms with Crippen molar-refractivity contribution in [1.29, 1.82) is 0 Å². The normalized spacial score (nSPS) is 16.3. The number of H-pyrrole nitrogens is 1. The molecule has 222 valence electrons. The minimum Gasteiger partial charge on any atom is -0.496 e. The number of carbonyl (C=O) groups excluding carboxylic acids is 2. The number of hydrogen-bond acceptors (Lipinski definition) is 8. The van der Waals surface area contributed by atoms with Gasteiger partial charge in [0.1, 0.15) is 10.9 Å². The van der Waals surface area contributed by atoms with Crippen LogP contribution in [0.15, 0.2) is 6.20 Å². The lowest BCUT2D eigenvalue weighted by atomic mass is 10.1. The van der Waals surface area contributed by atoms with E-state index >= 15 is 0 Å². The van der Waals surface area contributed by atoms with Gasteiger partial charge in [-0.15, -0.1) is 0 Å². The first-order chi connectivity index (χ1) is 20.1. The quantitative estimate of drug-likeness (QED) is 0.263. The third kappa shape index (κ3) is 5.58. The van der Waals surface area contributed by atoms with Crippen LogP contribution in [0.3, 0.4) is 0 Å². The van der Waals surface area contributed by atoms with Crippen molar-refractivity contribution < 1.29 is 14.3 Å². The van der Waals surface area contributed by atoms with E-state index in [2.05, 4.69) is 30.2 Å². The van der Waals surface area contributed by atoms with Crippen molar-refractivity contribution in [2.24, 2.45) is 0 Å². The smallest absolute Gasteiger partial charge is 0.260 e. The van der Waals surface area contributed by atoms with Gasteiger partial charge in [-0.2, -0.15) is 4.98 Å². The van der Waals surface area contributed by atoms with Crippen molar-refractivity contribution >= 4 is 46.8 Å². The molecule has 12 heteroatoms. The highest BCUT2D eigenvalue weighted by atomic mass is 35.5. The molecule has 4 N–H and O–H groups in total. The highest BCUT2D eigenvalue weighted by molar-refractivity contribution is 6.41. The third-order valence-electron chi connectivity index (χ3n) is 8.08. The molecule has 5 heterocycles. The molecule has 1 fully saturated rings. The highest BCUT2D eigenvalue weighted by Gasteiger charge is 2.38. The highest BCUT2D eigenvalue weighted by Crippen LogP contribution is 2.42. The number of halogens is 1. The number of aryl methyl sites for hydroxylation is 2. The van der Waals surface area contributed by atoms with E-state index in [1.165, 1.54) is 24.2 Å². The number of pyridine rings is 1. The molecule has 0 aliphatic carbocycles. The molecular weight excluding hydrogens is 556 g/mol. The van der Waals surface area contributed by atoms with Crippen LogP contribution in [-0.4, -0.2) is 69.9 Å². The van der Waals surface area contributed by atoms with Crippen LogP contribution in [0.5, 0.6) is 5.75 Å². The molecule has 0 aromatic carbocycles. The molecular formula is C30H37ClN8O3. The number of carbonyl (C=O) groups is 2. The predicted molar refractivity (Wildman–Crippen MR) is 164 cm³/mol. The largest absolute Gasteiger partial charge is 0.496 e. The first kappa shape index (κ1) is 29.5. The number of methoxy groups -OCH3 is 1. The summed E-state index contributed by atoms with van der Waals surface area (Å²) in [7, 11) is 1.61. The number of ether oxygens (including phenoxy) is 1. The van der Waals surface area contributed by atoms with Gasteiger partial charge in [-0.3, -0.25) is 19.5 Å². The Hall–Kier alpha value is -3.96. The van der Waals surface area contributed by atoms with E-state index in [1.54, 1.807) is 19.4 Å². The van der Waals surface area contributed by atoms with Crippen molar-refractivity contribution in [3.05, 3.63) is 56.2 Å². The van der Waals surface area contributed by atoms with Crippen molar-refractivity contribution in [2.75, 3.05) is 43.9 Å². The summed E-state index contributed by atoms with van der Waals surface area (Å²) in [5.74, 6) is 0.501. The molecule has 0 spiro atoms. The number of nitrogen functional groups attached to an aromatic ring is 1. The number of fused-ring (bicyclic) bond motifs is 1. The monoisotopic (exact) mass is 592 g/mol. The van der Waals surface area contributed by atoms with Crippen LogP contribution >= 0.6 is 11.6 Å². The number of amides is 2. The van der Waals surface area contributed by atoms with Gasteiger partial charge in [0.05, 0.1) is 36.0 Å². The zero-order valence-corrected chi connectivity index (χ0v) is 25.5. The number of aromatic amines is 1. The van der Waals surface area contributed by atoms with Crippen LogP contribution in [0, 0.1) is 27.7 Å². The first-order valence-corrected chi connectivity index (χ1v) is 14.5. The van der Waals surface area contributed by atoms with Crippen molar-refractivity contribution in [1.82, 2.24) is 30.2 Å². The van der Waals surface area contributed by atoms with Crippen LogP contribution in [0.4, 0.5) is 11.8 Å². The number of anilines is 2. The van der Waals surface area contributed by atoms with Crippen LogP contribution in [0.1, 0.15) is 69.0 Å². The molecule has 3 aromatic heterocycles. The van der Waals surface area contributed by atoms with E-state index in [9.17, 15) is 9.59 Å². The van der Waals surface area contributed by atoms with Gasteiger partial charge < -0.3 is 25.7 Å². The molecule has 2 amide bonds. The van der Waals surface area contributed by atoms with Gasteiger partial charge in [-0.25, -0.2) is 4.98 Å². The van der Waals surface area contributed by atoms with Gasteiger partial charge >= 0.3 is 0 Å². The van der Waals surface area contributed by atoms with Gasteiger partial charge in [0.15, 0.2) is 5.82 Å². The van der Waals surface area contributed by atoms with E-state index in [0.29, 0.717) is 51.9 Å². The molecule has 2 aliphatic rings. The van der Waals surface area contributed by atoms with Crippen LogP contribution in [-0.2, 0) is 11.3 Å². The number of likely N-dealkylation sites (tertiary alicyclic amines) is 1. The molecule has 0 unspecified atom stereocenters. The third-order valence-corrected chi connectivity index (χ3v) is 8.35. The van der Waals surface area contributed by atoms with Crippen LogP contribution in [0.2, 0.25) is 5.15 Å². The van der Waals surface area contributed by atoms with Gasteiger partial charge in [0.2, 0.25) is 5.95 Å². The topological polar surface area (TPSA) is 142 Å². The summed E-state index contributed by atoms with van der Waals surface area (Å²) in [6.45, 7) is 11.2. The zero-order chi connectivity index (χ0) is 30.1. The number of piperidine rings is 1. The summed E-state index contributed by atoms with van der Waals surface area (Å²) < 4.78 is 5.56. The van der Waals surface area contributed by atoms with Gasteiger partial charge in [-0.05, 0) is 65.3 Å². The Kier molecular flexibility index (Phi) is 8.51. The fraction of sp³-hybridized carbons (Fsp3) is 0.433. The van der Waals surface area contributed by atoms with Crippen molar-refractivity contribution in [2.45, 2.75) is 53.5 Å². The number of nitrogens with one attached hydrogen (secondary N) is 2. The molecule has 11 nitrogen and oxygen atoms in total. The summed E-state index contributed by atoms with van der Waals surface area (Å²) in [6.07, 6.45) is 7.10. The van der Waals surface area contributed by atoms with Crippen molar-refractivity contribution in [3.63, 3.8) is 0 Å². The summed E-state index contributed by atoms with van der Waals surface area (Å²) in [6, 6.07) is 0. The molecule has 5 rings (SSSR count). The maximum Gasteiger partial charge on any atom is 0.260 e. The van der Waals surface area contributed by atoms with E-state index in [4.69, 9.17) is 22.1 Å². The summed E-state index contributed by atoms with van der Waals surface area (Å²) in [4.78, 5) is 47.3. The van der Waals surface area contributed by atoms with E-state index in [1.807, 2.05) is 27.7 Å². The Morgan fingerprint density at radius 3 is 2.62 bits per heavy atom. The Morgan fingerprint density at radius 2 is 1.90 bits per heavy atom. The van der Waals surface area contributed by atoms with Gasteiger partial charge in [0.25, 0.3) is 11.8 Å². The van der Waals surface area contributed by atoms with E-state index < -0.39 is 0 Å². The Labute approximate surface area is 250 Å². The Bertz CT molecular complexity index is 1580. The van der Waals surface area contributed by atoms with Crippen LogP contribution < -0.4 is 20.7 Å². The average Bonchev–Trinajstić information content (AvgIpc) is 3.38. The summed E-state index contributed by atoms with van der Waals surface area (Å²) in [5, 5.41) is 3.13. The zero-order valence-electron chi connectivity index (χ0n) is 24.7. The minimum atomic E-state index is -0.327. The lowest BCUT2D eigenvalue weighted by Gasteiger charge is -2.26.